The van der Waals surface area contributed by atoms with E-state index in [1.165, 1.54) is 6.42 Å². The van der Waals surface area contributed by atoms with Crippen molar-refractivity contribution in [1.82, 2.24) is 5.32 Å². The minimum absolute atomic E-state index is 0.0706. The Bertz CT molecular complexity index is 947. The van der Waals surface area contributed by atoms with Crippen LogP contribution < -0.4 is 5.32 Å². The molecular formula is C21H19N3O3. The number of carbonyl (C=O) groups excluding carboxylic acids is 1. The first-order valence-electron chi connectivity index (χ1n) is 8.85. The summed E-state index contributed by atoms with van der Waals surface area (Å²) in [5.74, 6) is -1.23. The zero-order valence-electron chi connectivity index (χ0n) is 14.7. The third-order valence-electron chi connectivity index (χ3n) is 4.89. The van der Waals surface area contributed by atoms with E-state index in [1.54, 1.807) is 24.3 Å². The van der Waals surface area contributed by atoms with Crippen molar-refractivity contribution in [2.24, 2.45) is 0 Å². The molecular weight excluding hydrogens is 342 g/mol. The first kappa shape index (κ1) is 18.3. The number of carbonyl (C=O) groups is 1. The van der Waals surface area contributed by atoms with Crippen LogP contribution in [0.4, 0.5) is 0 Å². The lowest BCUT2D eigenvalue weighted by Crippen LogP contribution is -2.36. The molecule has 3 N–H and O–H groups in total. The van der Waals surface area contributed by atoms with Gasteiger partial charge in [-0.05, 0) is 30.5 Å². The van der Waals surface area contributed by atoms with Gasteiger partial charge in [0.1, 0.15) is 11.6 Å². The number of nitriles is 2. The predicted octanol–water partition coefficient (Wildman–Crippen LogP) is 3.57. The van der Waals surface area contributed by atoms with Crippen LogP contribution in [0.1, 0.15) is 53.6 Å². The molecule has 0 spiro atoms. The van der Waals surface area contributed by atoms with Crippen molar-refractivity contribution in [3.05, 3.63) is 47.0 Å². The number of amides is 1. The molecule has 0 saturated heterocycles. The Morgan fingerprint density at radius 2 is 1.70 bits per heavy atom. The van der Waals surface area contributed by atoms with E-state index in [0.717, 1.165) is 31.7 Å². The quantitative estimate of drug-likeness (QED) is 0.723. The molecule has 3 rings (SSSR count). The van der Waals surface area contributed by atoms with Gasteiger partial charge in [0, 0.05) is 23.2 Å². The number of hydrogen-bond donors (Lipinski definition) is 3. The Morgan fingerprint density at radius 1 is 1.04 bits per heavy atom. The van der Waals surface area contributed by atoms with Crippen molar-refractivity contribution in [3.8, 4) is 34.8 Å². The summed E-state index contributed by atoms with van der Waals surface area (Å²) in [7, 11) is 0. The SMILES string of the molecule is N#Cc1cc(O)c(O)c(C#N)c1-c1ccc(C(=O)NC2CCCCC2)cc1. The van der Waals surface area contributed by atoms with Crippen molar-refractivity contribution in [3.63, 3.8) is 0 Å². The molecule has 1 fully saturated rings. The molecule has 1 aliphatic rings. The van der Waals surface area contributed by atoms with E-state index < -0.39 is 11.5 Å². The number of nitrogens with zero attached hydrogens (tertiary/aromatic N) is 2. The molecule has 27 heavy (non-hydrogen) atoms. The van der Waals surface area contributed by atoms with Crippen molar-refractivity contribution in [2.75, 3.05) is 0 Å². The lowest BCUT2D eigenvalue weighted by atomic mass is 9.93. The smallest absolute Gasteiger partial charge is 0.251 e. The molecule has 136 valence electrons. The number of phenolic OH excluding ortho intramolecular Hbond substituents is 2. The van der Waals surface area contributed by atoms with E-state index in [4.69, 9.17) is 0 Å². The zero-order valence-corrected chi connectivity index (χ0v) is 14.7. The maximum absolute atomic E-state index is 12.4. The molecule has 2 aromatic rings. The summed E-state index contributed by atoms with van der Waals surface area (Å²) >= 11 is 0. The molecule has 0 aliphatic heterocycles. The highest BCUT2D eigenvalue weighted by Gasteiger charge is 2.20. The van der Waals surface area contributed by atoms with Gasteiger partial charge in [0.25, 0.3) is 5.91 Å². The van der Waals surface area contributed by atoms with Crippen LogP contribution in [0.25, 0.3) is 11.1 Å². The average molecular weight is 361 g/mol. The van der Waals surface area contributed by atoms with Gasteiger partial charge in [0.2, 0.25) is 0 Å². The second-order valence-electron chi connectivity index (χ2n) is 6.65. The van der Waals surface area contributed by atoms with Crippen LogP contribution in [0.15, 0.2) is 30.3 Å². The van der Waals surface area contributed by atoms with Crippen LogP contribution in [-0.4, -0.2) is 22.2 Å². The molecule has 0 bridgehead atoms. The van der Waals surface area contributed by atoms with E-state index in [-0.39, 0.29) is 28.6 Å². The van der Waals surface area contributed by atoms with Gasteiger partial charge in [-0.1, -0.05) is 31.4 Å². The third-order valence-corrected chi connectivity index (χ3v) is 4.89. The first-order chi connectivity index (χ1) is 13.0. The van der Waals surface area contributed by atoms with E-state index in [1.807, 2.05) is 12.1 Å². The molecule has 0 atom stereocenters. The van der Waals surface area contributed by atoms with E-state index in [2.05, 4.69) is 5.32 Å². The Balaban J connectivity index is 1.90. The highest BCUT2D eigenvalue weighted by Crippen LogP contribution is 2.39. The molecule has 6 heteroatoms. The van der Waals surface area contributed by atoms with E-state index in [9.17, 15) is 25.5 Å². The van der Waals surface area contributed by atoms with Crippen LogP contribution in [0.5, 0.6) is 11.5 Å². The minimum Gasteiger partial charge on any atom is -0.504 e. The Morgan fingerprint density at radius 3 is 2.30 bits per heavy atom. The number of rotatable bonds is 3. The summed E-state index contributed by atoms with van der Waals surface area (Å²) in [5, 5.41) is 41.3. The Labute approximate surface area is 157 Å². The highest BCUT2D eigenvalue weighted by atomic mass is 16.3. The summed E-state index contributed by atoms with van der Waals surface area (Å²) in [6.07, 6.45) is 5.45. The minimum atomic E-state index is -0.564. The normalized spacial score (nSPS) is 14.1. The van der Waals surface area contributed by atoms with Gasteiger partial charge < -0.3 is 15.5 Å². The Hall–Kier alpha value is -3.51. The molecule has 0 unspecified atom stereocenters. The number of nitrogens with one attached hydrogen (secondary N) is 1. The fourth-order valence-corrected chi connectivity index (χ4v) is 3.46. The Kier molecular flexibility index (Phi) is 5.28. The van der Waals surface area contributed by atoms with Gasteiger partial charge >= 0.3 is 0 Å². The van der Waals surface area contributed by atoms with E-state index in [0.29, 0.717) is 11.1 Å². The standard InChI is InChI=1S/C21H19N3O3/c22-11-15-10-18(25)20(26)17(12-23)19(15)13-6-8-14(9-7-13)21(27)24-16-4-2-1-3-5-16/h6-10,16,25-26H,1-5H2,(H,24,27). The number of hydrogen-bond acceptors (Lipinski definition) is 5. The van der Waals surface area contributed by atoms with Gasteiger partial charge in [-0.3, -0.25) is 4.79 Å². The topological polar surface area (TPSA) is 117 Å². The maximum Gasteiger partial charge on any atom is 0.251 e. The number of aromatic hydroxyl groups is 2. The van der Waals surface area contributed by atoms with Gasteiger partial charge in [0.15, 0.2) is 11.5 Å². The molecule has 1 amide bonds. The van der Waals surface area contributed by atoms with Gasteiger partial charge in [-0.2, -0.15) is 10.5 Å². The predicted molar refractivity (Wildman–Crippen MR) is 99.0 cm³/mol. The molecule has 6 nitrogen and oxygen atoms in total. The summed E-state index contributed by atoms with van der Waals surface area (Å²) < 4.78 is 0. The zero-order chi connectivity index (χ0) is 19.4. The van der Waals surface area contributed by atoms with Crippen LogP contribution >= 0.6 is 0 Å². The van der Waals surface area contributed by atoms with Crippen molar-refractivity contribution in [1.29, 1.82) is 10.5 Å². The second-order valence-corrected chi connectivity index (χ2v) is 6.65. The monoisotopic (exact) mass is 361 g/mol. The highest BCUT2D eigenvalue weighted by molar-refractivity contribution is 5.95. The van der Waals surface area contributed by atoms with Gasteiger partial charge in [-0.15, -0.1) is 0 Å². The molecule has 0 radical (unpaired) electrons. The van der Waals surface area contributed by atoms with Crippen molar-refractivity contribution < 1.29 is 15.0 Å². The van der Waals surface area contributed by atoms with Crippen molar-refractivity contribution >= 4 is 5.91 Å². The second kappa shape index (κ2) is 7.80. The summed E-state index contributed by atoms with van der Waals surface area (Å²) in [6, 6.07) is 11.6. The summed E-state index contributed by atoms with van der Waals surface area (Å²) in [5.41, 5.74) is 1.12. The number of phenols is 2. The third kappa shape index (κ3) is 3.70. The fourth-order valence-electron chi connectivity index (χ4n) is 3.46. The average Bonchev–Trinajstić information content (AvgIpc) is 2.70. The van der Waals surface area contributed by atoms with Crippen LogP contribution in [0.3, 0.4) is 0 Å². The van der Waals surface area contributed by atoms with Gasteiger partial charge in [0.05, 0.1) is 11.6 Å². The summed E-state index contributed by atoms with van der Waals surface area (Å²) in [4.78, 5) is 12.4. The van der Waals surface area contributed by atoms with Gasteiger partial charge in [-0.25, -0.2) is 0 Å². The molecule has 1 aliphatic carbocycles. The van der Waals surface area contributed by atoms with Crippen LogP contribution in [0.2, 0.25) is 0 Å². The molecule has 0 aromatic heterocycles. The molecule has 0 heterocycles. The van der Waals surface area contributed by atoms with E-state index >= 15 is 0 Å². The van der Waals surface area contributed by atoms with Crippen molar-refractivity contribution in [2.45, 2.75) is 38.1 Å². The number of benzene rings is 2. The lowest BCUT2D eigenvalue weighted by Gasteiger charge is -2.22. The van der Waals surface area contributed by atoms with Crippen LogP contribution in [-0.2, 0) is 0 Å². The largest absolute Gasteiger partial charge is 0.504 e. The maximum atomic E-state index is 12.4. The molecule has 2 aromatic carbocycles. The first-order valence-corrected chi connectivity index (χ1v) is 8.85. The fraction of sp³-hybridized carbons (Fsp3) is 0.286. The van der Waals surface area contributed by atoms with Crippen LogP contribution in [0, 0.1) is 22.7 Å². The molecule has 1 saturated carbocycles. The summed E-state index contributed by atoms with van der Waals surface area (Å²) in [6.45, 7) is 0. The lowest BCUT2D eigenvalue weighted by molar-refractivity contribution is 0.0927.